The number of benzene rings is 1. The lowest BCUT2D eigenvalue weighted by Crippen LogP contribution is -2.04. The van der Waals surface area contributed by atoms with Gasteiger partial charge in [-0.15, -0.1) is 11.3 Å². The number of halogens is 1. The van der Waals surface area contributed by atoms with Gasteiger partial charge in [-0.1, -0.05) is 28.9 Å². The molecule has 0 spiro atoms. The zero-order valence-corrected chi connectivity index (χ0v) is 12.5. The second-order valence-electron chi connectivity index (χ2n) is 4.52. The molecule has 0 N–H and O–H groups in total. The molecule has 106 valence electrons. The highest BCUT2D eigenvalue weighted by atomic mass is 35.5. The van der Waals surface area contributed by atoms with Crippen molar-refractivity contribution in [1.82, 2.24) is 10.1 Å². The third kappa shape index (κ3) is 3.56. The topological polar surface area (TPSA) is 56.0 Å². The Morgan fingerprint density at radius 1 is 1.24 bits per heavy atom. The molecule has 0 saturated heterocycles. The van der Waals surface area contributed by atoms with Gasteiger partial charge < -0.3 is 4.52 Å². The molecule has 1 aromatic carbocycles. The lowest BCUT2D eigenvalue weighted by Gasteiger charge is -1.98. The predicted molar refractivity (Wildman–Crippen MR) is 80.9 cm³/mol. The monoisotopic (exact) mass is 318 g/mol. The third-order valence-corrected chi connectivity index (χ3v) is 4.04. The third-order valence-electron chi connectivity index (χ3n) is 2.94. The van der Waals surface area contributed by atoms with Crippen LogP contribution < -0.4 is 0 Å². The molecule has 21 heavy (non-hydrogen) atoms. The van der Waals surface area contributed by atoms with Gasteiger partial charge in [-0.3, -0.25) is 4.79 Å². The van der Waals surface area contributed by atoms with Crippen molar-refractivity contribution in [3.63, 3.8) is 0 Å². The molecule has 4 nitrogen and oxygen atoms in total. The van der Waals surface area contributed by atoms with E-state index in [1.807, 2.05) is 24.3 Å². The molecule has 3 aromatic rings. The van der Waals surface area contributed by atoms with Gasteiger partial charge in [0.25, 0.3) is 0 Å². The highest BCUT2D eigenvalue weighted by molar-refractivity contribution is 7.09. The largest absolute Gasteiger partial charge is 0.364 e. The summed E-state index contributed by atoms with van der Waals surface area (Å²) in [4.78, 5) is 16.5. The van der Waals surface area contributed by atoms with Gasteiger partial charge in [0.1, 0.15) is 12.0 Å². The highest BCUT2D eigenvalue weighted by Crippen LogP contribution is 2.17. The first-order valence-electron chi connectivity index (χ1n) is 6.32. The molecule has 0 bridgehead atoms. The fourth-order valence-corrected chi connectivity index (χ4v) is 2.84. The number of carbonyl (C=O) groups excluding carboxylic acids is 1. The first-order valence-corrected chi connectivity index (χ1v) is 7.58. The molecule has 0 radical (unpaired) electrons. The van der Waals surface area contributed by atoms with Crippen LogP contribution in [0, 0.1) is 0 Å². The van der Waals surface area contributed by atoms with E-state index in [2.05, 4.69) is 10.1 Å². The van der Waals surface area contributed by atoms with E-state index in [0.29, 0.717) is 22.8 Å². The van der Waals surface area contributed by atoms with Gasteiger partial charge in [0, 0.05) is 22.9 Å². The van der Waals surface area contributed by atoms with E-state index in [4.69, 9.17) is 16.1 Å². The van der Waals surface area contributed by atoms with Gasteiger partial charge in [0.15, 0.2) is 5.78 Å². The average Bonchev–Trinajstić information content (AvgIpc) is 3.13. The Hall–Kier alpha value is -1.98. The Kier molecular flexibility index (Phi) is 4.13. The fraction of sp³-hybridized carbons (Fsp3) is 0.133. The zero-order valence-electron chi connectivity index (χ0n) is 11.0. The van der Waals surface area contributed by atoms with Crippen molar-refractivity contribution in [2.75, 3.05) is 0 Å². The zero-order chi connectivity index (χ0) is 14.7. The molecular formula is C15H11ClN2O2S. The molecule has 0 fully saturated rings. The normalized spacial score (nSPS) is 10.7. The van der Waals surface area contributed by atoms with Crippen LogP contribution in [0.1, 0.15) is 26.8 Å². The van der Waals surface area contributed by atoms with Crippen LogP contribution >= 0.6 is 22.9 Å². The Bertz CT molecular complexity index is 735. The van der Waals surface area contributed by atoms with E-state index in [1.54, 1.807) is 11.4 Å². The first kappa shape index (κ1) is 14.0. The number of hydrogen-bond donors (Lipinski definition) is 0. The van der Waals surface area contributed by atoms with Gasteiger partial charge in [-0.2, -0.15) is 0 Å². The molecule has 0 aliphatic carbocycles. The van der Waals surface area contributed by atoms with Crippen molar-refractivity contribution < 1.29 is 9.32 Å². The SMILES string of the molecule is O=C(Cc1ccon1)c1csc(Cc2ccc(Cl)cc2)n1. The lowest BCUT2D eigenvalue weighted by atomic mass is 10.1. The smallest absolute Gasteiger partial charge is 0.188 e. The first-order chi connectivity index (χ1) is 10.2. The van der Waals surface area contributed by atoms with Crippen molar-refractivity contribution in [2.45, 2.75) is 12.8 Å². The molecular weight excluding hydrogens is 308 g/mol. The van der Waals surface area contributed by atoms with E-state index in [9.17, 15) is 4.79 Å². The molecule has 0 aliphatic heterocycles. The summed E-state index contributed by atoms with van der Waals surface area (Å²) in [5.74, 6) is -0.0532. The maximum atomic E-state index is 12.1. The maximum absolute atomic E-state index is 12.1. The molecule has 2 heterocycles. The fourth-order valence-electron chi connectivity index (χ4n) is 1.88. The van der Waals surface area contributed by atoms with Crippen LogP contribution in [-0.2, 0) is 12.8 Å². The molecule has 6 heteroatoms. The Labute approximate surface area is 130 Å². The van der Waals surface area contributed by atoms with Gasteiger partial charge in [-0.05, 0) is 17.7 Å². The van der Waals surface area contributed by atoms with Crippen molar-refractivity contribution in [2.24, 2.45) is 0 Å². The Balaban J connectivity index is 1.68. The lowest BCUT2D eigenvalue weighted by molar-refractivity contribution is 0.0986. The number of carbonyl (C=O) groups is 1. The van der Waals surface area contributed by atoms with Gasteiger partial charge in [-0.25, -0.2) is 4.98 Å². The van der Waals surface area contributed by atoms with Gasteiger partial charge in [0.05, 0.1) is 17.1 Å². The van der Waals surface area contributed by atoms with Crippen molar-refractivity contribution >= 4 is 28.7 Å². The number of hydrogen-bond acceptors (Lipinski definition) is 5. The minimum absolute atomic E-state index is 0.0532. The second kappa shape index (κ2) is 6.20. The molecule has 0 amide bonds. The van der Waals surface area contributed by atoms with E-state index < -0.39 is 0 Å². The van der Waals surface area contributed by atoms with Crippen molar-refractivity contribution in [3.05, 3.63) is 69.0 Å². The van der Waals surface area contributed by atoms with Crippen molar-refractivity contribution in [1.29, 1.82) is 0 Å². The molecule has 0 atom stereocenters. The van der Waals surface area contributed by atoms with Crippen LogP contribution in [-0.4, -0.2) is 15.9 Å². The summed E-state index contributed by atoms with van der Waals surface area (Å²) in [7, 11) is 0. The second-order valence-corrected chi connectivity index (χ2v) is 5.90. The minimum atomic E-state index is -0.0532. The Morgan fingerprint density at radius 3 is 2.76 bits per heavy atom. The summed E-state index contributed by atoms with van der Waals surface area (Å²) in [6, 6.07) is 9.29. The Morgan fingerprint density at radius 2 is 2.05 bits per heavy atom. The number of nitrogens with zero attached hydrogens (tertiary/aromatic N) is 2. The van der Waals surface area contributed by atoms with E-state index in [0.717, 1.165) is 10.6 Å². The summed E-state index contributed by atoms with van der Waals surface area (Å²) in [6.45, 7) is 0. The van der Waals surface area contributed by atoms with E-state index in [-0.39, 0.29) is 12.2 Å². The standard InChI is InChI=1S/C15H11ClN2O2S/c16-11-3-1-10(2-4-11)7-15-17-13(9-21-15)14(19)8-12-5-6-20-18-12/h1-6,9H,7-8H2. The average molecular weight is 319 g/mol. The molecule has 0 unspecified atom stereocenters. The number of aromatic nitrogens is 2. The number of rotatable bonds is 5. The quantitative estimate of drug-likeness (QED) is 0.671. The number of thiazole rings is 1. The summed E-state index contributed by atoms with van der Waals surface area (Å²) in [5, 5.41) is 7.13. The van der Waals surface area contributed by atoms with Crippen molar-refractivity contribution in [3.8, 4) is 0 Å². The van der Waals surface area contributed by atoms with E-state index in [1.165, 1.54) is 17.6 Å². The maximum Gasteiger partial charge on any atom is 0.188 e. The summed E-state index contributed by atoms with van der Waals surface area (Å²) in [5.41, 5.74) is 2.21. The van der Waals surface area contributed by atoms with Gasteiger partial charge in [0.2, 0.25) is 0 Å². The van der Waals surface area contributed by atoms with Crippen LogP contribution in [0.15, 0.2) is 46.5 Å². The van der Waals surface area contributed by atoms with Gasteiger partial charge >= 0.3 is 0 Å². The number of ketones is 1. The molecule has 0 aliphatic rings. The van der Waals surface area contributed by atoms with Crippen LogP contribution in [0.2, 0.25) is 5.02 Å². The predicted octanol–water partition coefficient (Wildman–Crippen LogP) is 3.80. The molecule has 2 aromatic heterocycles. The minimum Gasteiger partial charge on any atom is -0.364 e. The number of Topliss-reactive ketones (excluding diaryl/α,β-unsaturated/α-hetero) is 1. The van der Waals surface area contributed by atoms with Crippen LogP contribution in [0.5, 0.6) is 0 Å². The highest BCUT2D eigenvalue weighted by Gasteiger charge is 2.13. The van der Waals surface area contributed by atoms with Crippen LogP contribution in [0.4, 0.5) is 0 Å². The van der Waals surface area contributed by atoms with E-state index >= 15 is 0 Å². The summed E-state index contributed by atoms with van der Waals surface area (Å²) in [6.07, 6.45) is 2.36. The molecule has 0 saturated carbocycles. The molecule has 3 rings (SSSR count). The van der Waals surface area contributed by atoms with Crippen LogP contribution in [0.3, 0.4) is 0 Å². The van der Waals surface area contributed by atoms with Crippen LogP contribution in [0.25, 0.3) is 0 Å². The summed E-state index contributed by atoms with van der Waals surface area (Å²) >= 11 is 7.34. The summed E-state index contributed by atoms with van der Waals surface area (Å²) < 4.78 is 4.71.